The minimum Gasteiger partial charge on any atom is -0.309 e. The molecule has 2 nitrogen and oxygen atoms in total. The molecule has 0 amide bonds. The van der Waals surface area contributed by atoms with Crippen LogP contribution in [-0.4, -0.2) is 18.6 Å². The maximum atomic E-state index is 4.45. The van der Waals surface area contributed by atoms with Crippen molar-refractivity contribution in [2.45, 2.75) is 0 Å². The van der Waals surface area contributed by atoms with Crippen LogP contribution in [0.5, 0.6) is 0 Å². The van der Waals surface area contributed by atoms with Gasteiger partial charge in [0.15, 0.2) is 0 Å². The molecule has 0 fully saturated rings. The molecule has 0 aliphatic heterocycles. The van der Waals surface area contributed by atoms with Gasteiger partial charge in [0, 0.05) is 5.39 Å². The van der Waals surface area contributed by atoms with Gasteiger partial charge >= 0.3 is 0 Å². The second-order valence-electron chi connectivity index (χ2n) is 3.22. The molecule has 0 atom stereocenters. The highest BCUT2D eigenvalue weighted by atomic mass is 14.8. The molecule has 1 aromatic heterocycles. The van der Waals surface area contributed by atoms with E-state index in [4.69, 9.17) is 0 Å². The summed E-state index contributed by atoms with van der Waals surface area (Å²) in [7, 11) is 1.88. The van der Waals surface area contributed by atoms with Crippen LogP contribution in [0.15, 0.2) is 36.4 Å². The first-order valence-electron chi connectivity index (χ1n) is 4.89. The summed E-state index contributed by atoms with van der Waals surface area (Å²) in [5.41, 5.74) is 1.82. The molecule has 0 aliphatic carbocycles. The van der Waals surface area contributed by atoms with Crippen LogP contribution in [0.4, 0.5) is 0 Å². The molecule has 0 spiro atoms. The molecular weight excluding hydrogens is 184 g/mol. The van der Waals surface area contributed by atoms with Crippen LogP contribution in [-0.2, 0) is 0 Å². The summed E-state index contributed by atoms with van der Waals surface area (Å²) in [4.78, 5) is 4.45. The van der Waals surface area contributed by atoms with Gasteiger partial charge in [-0.25, -0.2) is 4.98 Å². The Kier molecular flexibility index (Phi) is 2.96. The number of fused-ring (bicyclic) bond motifs is 1. The Hall–Kier alpha value is -1.85. The zero-order valence-electron chi connectivity index (χ0n) is 8.62. The number of nitrogens with one attached hydrogen (secondary N) is 1. The fourth-order valence-electron chi connectivity index (χ4n) is 1.36. The SMILES string of the molecule is CNCC#Cc1ccc2ccccc2n1. The van der Waals surface area contributed by atoms with E-state index in [9.17, 15) is 0 Å². The quantitative estimate of drug-likeness (QED) is 0.703. The Morgan fingerprint density at radius 3 is 2.93 bits per heavy atom. The number of rotatable bonds is 1. The van der Waals surface area contributed by atoms with Gasteiger partial charge in [0.25, 0.3) is 0 Å². The molecule has 2 rings (SSSR count). The third kappa shape index (κ3) is 2.34. The van der Waals surface area contributed by atoms with Crippen molar-refractivity contribution in [1.82, 2.24) is 10.3 Å². The second kappa shape index (κ2) is 4.59. The molecule has 74 valence electrons. The second-order valence-corrected chi connectivity index (χ2v) is 3.22. The number of nitrogens with zero attached hydrogens (tertiary/aromatic N) is 1. The van der Waals surface area contributed by atoms with Gasteiger partial charge in [-0.05, 0) is 25.1 Å². The van der Waals surface area contributed by atoms with Crippen molar-refractivity contribution in [2.75, 3.05) is 13.6 Å². The molecule has 0 radical (unpaired) electrons. The van der Waals surface area contributed by atoms with Crippen molar-refractivity contribution in [2.24, 2.45) is 0 Å². The van der Waals surface area contributed by atoms with E-state index in [-0.39, 0.29) is 0 Å². The van der Waals surface area contributed by atoms with Crippen LogP contribution in [0.1, 0.15) is 5.69 Å². The average molecular weight is 196 g/mol. The van der Waals surface area contributed by atoms with Crippen LogP contribution in [0, 0.1) is 11.8 Å². The molecule has 1 aromatic carbocycles. The largest absolute Gasteiger partial charge is 0.309 e. The maximum Gasteiger partial charge on any atom is 0.113 e. The fraction of sp³-hybridized carbons (Fsp3) is 0.154. The van der Waals surface area contributed by atoms with Crippen LogP contribution in [0.2, 0.25) is 0 Å². The molecule has 0 saturated carbocycles. The van der Waals surface area contributed by atoms with E-state index in [1.165, 1.54) is 0 Å². The van der Waals surface area contributed by atoms with Gasteiger partial charge in [-0.1, -0.05) is 30.2 Å². The van der Waals surface area contributed by atoms with E-state index in [2.05, 4.69) is 22.1 Å². The van der Waals surface area contributed by atoms with Gasteiger partial charge in [0.1, 0.15) is 5.69 Å². The van der Waals surface area contributed by atoms with Crippen LogP contribution >= 0.6 is 0 Å². The van der Waals surface area contributed by atoms with Crippen LogP contribution < -0.4 is 5.32 Å². The minimum absolute atomic E-state index is 0.689. The van der Waals surface area contributed by atoms with Gasteiger partial charge in [0.05, 0.1) is 12.1 Å². The summed E-state index contributed by atoms with van der Waals surface area (Å²) in [6.07, 6.45) is 0. The van der Waals surface area contributed by atoms with E-state index >= 15 is 0 Å². The first-order chi connectivity index (χ1) is 7.40. The molecule has 0 saturated heterocycles. The Morgan fingerprint density at radius 2 is 2.07 bits per heavy atom. The molecule has 2 heteroatoms. The van der Waals surface area contributed by atoms with Crippen molar-refractivity contribution in [3.8, 4) is 11.8 Å². The van der Waals surface area contributed by atoms with E-state index < -0.39 is 0 Å². The molecule has 1 heterocycles. The van der Waals surface area contributed by atoms with E-state index in [1.54, 1.807) is 0 Å². The van der Waals surface area contributed by atoms with E-state index in [0.717, 1.165) is 16.6 Å². The zero-order chi connectivity index (χ0) is 10.5. The van der Waals surface area contributed by atoms with Gasteiger partial charge in [-0.15, -0.1) is 0 Å². The zero-order valence-corrected chi connectivity index (χ0v) is 8.62. The Morgan fingerprint density at radius 1 is 1.20 bits per heavy atom. The number of para-hydroxylation sites is 1. The highest BCUT2D eigenvalue weighted by Crippen LogP contribution is 2.10. The van der Waals surface area contributed by atoms with E-state index in [1.807, 2.05) is 43.4 Å². The van der Waals surface area contributed by atoms with Crippen molar-refractivity contribution in [3.63, 3.8) is 0 Å². The Labute approximate surface area is 89.3 Å². The molecular formula is C13H12N2. The molecule has 0 bridgehead atoms. The summed E-state index contributed by atoms with van der Waals surface area (Å²) in [5, 5.41) is 4.12. The third-order valence-corrected chi connectivity index (χ3v) is 2.08. The third-order valence-electron chi connectivity index (χ3n) is 2.08. The lowest BCUT2D eigenvalue weighted by Crippen LogP contribution is -2.04. The van der Waals surface area contributed by atoms with Crippen LogP contribution in [0.25, 0.3) is 10.9 Å². The summed E-state index contributed by atoms with van der Waals surface area (Å²) in [6.45, 7) is 0.689. The Balaban J connectivity index is 2.36. The molecule has 0 unspecified atom stereocenters. The number of hydrogen-bond donors (Lipinski definition) is 1. The number of benzene rings is 1. The van der Waals surface area contributed by atoms with Gasteiger partial charge in [-0.2, -0.15) is 0 Å². The topological polar surface area (TPSA) is 24.9 Å². The Bertz CT molecular complexity index is 521. The fourth-order valence-corrected chi connectivity index (χ4v) is 1.36. The molecule has 0 aliphatic rings. The number of pyridine rings is 1. The predicted octanol–water partition coefficient (Wildman–Crippen LogP) is 1.81. The standard InChI is InChI=1S/C13H12N2/c1-14-10-4-6-12-9-8-11-5-2-3-7-13(11)15-12/h2-3,5,7-9,14H,10H2,1H3. The minimum atomic E-state index is 0.689. The highest BCUT2D eigenvalue weighted by Gasteiger charge is 1.93. The van der Waals surface area contributed by atoms with Crippen molar-refractivity contribution < 1.29 is 0 Å². The number of hydrogen-bond acceptors (Lipinski definition) is 2. The highest BCUT2D eigenvalue weighted by molar-refractivity contribution is 5.78. The molecule has 2 aromatic rings. The van der Waals surface area contributed by atoms with Crippen molar-refractivity contribution >= 4 is 10.9 Å². The maximum absolute atomic E-state index is 4.45. The normalized spacial score (nSPS) is 9.67. The van der Waals surface area contributed by atoms with Crippen molar-refractivity contribution in [1.29, 1.82) is 0 Å². The van der Waals surface area contributed by atoms with Crippen molar-refractivity contribution in [3.05, 3.63) is 42.1 Å². The average Bonchev–Trinajstić information content (AvgIpc) is 2.29. The lowest BCUT2D eigenvalue weighted by atomic mass is 10.2. The monoisotopic (exact) mass is 196 g/mol. The van der Waals surface area contributed by atoms with Crippen LogP contribution in [0.3, 0.4) is 0 Å². The summed E-state index contributed by atoms with van der Waals surface area (Å²) < 4.78 is 0. The summed E-state index contributed by atoms with van der Waals surface area (Å²) in [6, 6.07) is 12.0. The molecule has 15 heavy (non-hydrogen) atoms. The lowest BCUT2D eigenvalue weighted by Gasteiger charge is -1.96. The van der Waals surface area contributed by atoms with Gasteiger partial charge in [0.2, 0.25) is 0 Å². The van der Waals surface area contributed by atoms with E-state index in [0.29, 0.717) is 6.54 Å². The van der Waals surface area contributed by atoms with Gasteiger partial charge < -0.3 is 5.32 Å². The summed E-state index contributed by atoms with van der Waals surface area (Å²) >= 11 is 0. The first kappa shape index (κ1) is 9.70. The van der Waals surface area contributed by atoms with Gasteiger partial charge in [-0.3, -0.25) is 0 Å². The predicted molar refractivity (Wildman–Crippen MR) is 62.5 cm³/mol. The lowest BCUT2D eigenvalue weighted by molar-refractivity contribution is 0.938. The summed E-state index contributed by atoms with van der Waals surface area (Å²) in [5.74, 6) is 6.01. The number of aromatic nitrogens is 1. The first-order valence-corrected chi connectivity index (χ1v) is 4.89. The molecule has 1 N–H and O–H groups in total. The smallest absolute Gasteiger partial charge is 0.113 e.